The van der Waals surface area contributed by atoms with E-state index in [1.54, 1.807) is 19.1 Å². The largest absolute Gasteiger partial charge is 0.508 e. The Bertz CT molecular complexity index is 777. The van der Waals surface area contributed by atoms with Gasteiger partial charge in [0.05, 0.1) is 0 Å². The van der Waals surface area contributed by atoms with Gasteiger partial charge in [-0.25, -0.2) is 0 Å². The number of para-hydroxylation sites is 1. The summed E-state index contributed by atoms with van der Waals surface area (Å²) in [6.07, 6.45) is 0.128. The van der Waals surface area contributed by atoms with Gasteiger partial charge < -0.3 is 25.2 Å². The van der Waals surface area contributed by atoms with Gasteiger partial charge >= 0.3 is 0 Å². The molecule has 150 valence electrons. The van der Waals surface area contributed by atoms with Crippen LogP contribution in [0.2, 0.25) is 0 Å². The van der Waals surface area contributed by atoms with Gasteiger partial charge in [0, 0.05) is 13.1 Å². The topological polar surface area (TPSA) is 96.9 Å². The molecule has 0 radical (unpaired) electrons. The van der Waals surface area contributed by atoms with Crippen molar-refractivity contribution in [3.63, 3.8) is 0 Å². The number of aromatic hydroxyl groups is 1. The van der Waals surface area contributed by atoms with Gasteiger partial charge in [0.1, 0.15) is 17.2 Å². The predicted octanol–water partition coefficient (Wildman–Crippen LogP) is 2.03. The van der Waals surface area contributed by atoms with Crippen molar-refractivity contribution < 1.29 is 24.2 Å². The fraction of sp³-hybridized carbons (Fsp3) is 0.333. The summed E-state index contributed by atoms with van der Waals surface area (Å²) in [6.45, 7) is 4.14. The zero-order chi connectivity index (χ0) is 20.4. The van der Waals surface area contributed by atoms with Crippen molar-refractivity contribution in [3.05, 3.63) is 54.1 Å². The summed E-state index contributed by atoms with van der Waals surface area (Å²) in [5.74, 6) is 0.762. The highest BCUT2D eigenvalue weighted by Crippen LogP contribution is 2.18. The molecule has 2 amide bonds. The maximum absolute atomic E-state index is 12.0. The second-order valence-corrected chi connectivity index (χ2v) is 6.14. The van der Waals surface area contributed by atoms with Crippen LogP contribution < -0.4 is 20.1 Å². The standard InChI is InChI=1S/C21H26N2O5/c1-3-16-6-4-5-7-19(16)27-14-20(25)22-12-13-23-21(26)15(2)28-18-10-8-17(24)9-11-18/h4-11,15,24H,3,12-14H2,1-2H3,(H,22,25)(H,23,26). The molecule has 1 unspecified atom stereocenters. The lowest BCUT2D eigenvalue weighted by Gasteiger charge is -2.15. The summed E-state index contributed by atoms with van der Waals surface area (Å²) in [5.41, 5.74) is 1.05. The van der Waals surface area contributed by atoms with E-state index in [-0.39, 0.29) is 37.3 Å². The summed E-state index contributed by atoms with van der Waals surface area (Å²) in [6, 6.07) is 13.7. The first-order valence-corrected chi connectivity index (χ1v) is 9.20. The molecule has 0 aliphatic heterocycles. The summed E-state index contributed by atoms with van der Waals surface area (Å²) >= 11 is 0. The number of ether oxygens (including phenoxy) is 2. The van der Waals surface area contributed by atoms with E-state index in [9.17, 15) is 14.7 Å². The van der Waals surface area contributed by atoms with Crippen LogP contribution in [0.4, 0.5) is 0 Å². The predicted molar refractivity (Wildman–Crippen MR) is 106 cm³/mol. The smallest absolute Gasteiger partial charge is 0.260 e. The number of amides is 2. The quantitative estimate of drug-likeness (QED) is 0.543. The number of rotatable bonds is 10. The number of phenols is 1. The molecule has 28 heavy (non-hydrogen) atoms. The number of hydrogen-bond acceptors (Lipinski definition) is 5. The zero-order valence-electron chi connectivity index (χ0n) is 16.1. The Morgan fingerprint density at radius 1 is 1.04 bits per heavy atom. The molecule has 0 aliphatic rings. The van der Waals surface area contributed by atoms with Crippen molar-refractivity contribution in [2.75, 3.05) is 19.7 Å². The maximum atomic E-state index is 12.0. The lowest BCUT2D eigenvalue weighted by molar-refractivity contribution is -0.127. The minimum Gasteiger partial charge on any atom is -0.508 e. The van der Waals surface area contributed by atoms with Crippen molar-refractivity contribution >= 4 is 11.8 Å². The molecule has 0 spiro atoms. The molecule has 0 saturated carbocycles. The Morgan fingerprint density at radius 2 is 1.71 bits per heavy atom. The molecule has 7 heteroatoms. The SMILES string of the molecule is CCc1ccccc1OCC(=O)NCCNC(=O)C(C)Oc1ccc(O)cc1. The van der Waals surface area contributed by atoms with Crippen molar-refractivity contribution in [1.82, 2.24) is 10.6 Å². The van der Waals surface area contributed by atoms with Gasteiger partial charge in [-0.2, -0.15) is 0 Å². The van der Waals surface area contributed by atoms with Crippen molar-refractivity contribution in [2.45, 2.75) is 26.4 Å². The van der Waals surface area contributed by atoms with E-state index in [4.69, 9.17) is 9.47 Å². The van der Waals surface area contributed by atoms with Crippen LogP contribution in [0.3, 0.4) is 0 Å². The summed E-state index contributed by atoms with van der Waals surface area (Å²) in [4.78, 5) is 23.9. The molecule has 3 N–H and O–H groups in total. The summed E-state index contributed by atoms with van der Waals surface area (Å²) < 4.78 is 11.0. The van der Waals surface area contributed by atoms with Gasteiger partial charge in [0.15, 0.2) is 12.7 Å². The second kappa shape index (κ2) is 10.8. The molecular weight excluding hydrogens is 360 g/mol. The van der Waals surface area contributed by atoms with Gasteiger partial charge in [-0.1, -0.05) is 25.1 Å². The number of nitrogens with one attached hydrogen (secondary N) is 2. The van der Waals surface area contributed by atoms with Crippen LogP contribution in [0, 0.1) is 0 Å². The Hall–Kier alpha value is -3.22. The lowest BCUT2D eigenvalue weighted by Crippen LogP contribution is -2.41. The molecular formula is C21H26N2O5. The fourth-order valence-corrected chi connectivity index (χ4v) is 2.44. The molecule has 0 aromatic heterocycles. The minimum absolute atomic E-state index is 0.0780. The molecule has 2 aromatic carbocycles. The van der Waals surface area contributed by atoms with E-state index in [0.29, 0.717) is 11.5 Å². The molecule has 0 fully saturated rings. The van der Waals surface area contributed by atoms with E-state index in [2.05, 4.69) is 10.6 Å². The van der Waals surface area contributed by atoms with Crippen LogP contribution in [0.1, 0.15) is 19.4 Å². The van der Waals surface area contributed by atoms with Crippen molar-refractivity contribution in [3.8, 4) is 17.2 Å². The molecule has 0 heterocycles. The molecule has 7 nitrogen and oxygen atoms in total. The normalized spacial score (nSPS) is 11.4. The van der Waals surface area contributed by atoms with Gasteiger partial charge in [-0.3, -0.25) is 9.59 Å². The summed E-state index contributed by atoms with van der Waals surface area (Å²) in [5, 5.41) is 14.6. The maximum Gasteiger partial charge on any atom is 0.260 e. The third-order valence-electron chi connectivity index (χ3n) is 3.98. The number of carbonyl (C=O) groups is 2. The van der Waals surface area contributed by atoms with Crippen LogP contribution in [-0.4, -0.2) is 42.7 Å². The second-order valence-electron chi connectivity index (χ2n) is 6.14. The van der Waals surface area contributed by atoms with Gasteiger partial charge in [0.2, 0.25) is 0 Å². The molecule has 2 rings (SSSR count). The van der Waals surface area contributed by atoms with Gasteiger partial charge in [0.25, 0.3) is 11.8 Å². The molecule has 1 atom stereocenters. The highest BCUT2D eigenvalue weighted by Gasteiger charge is 2.14. The van der Waals surface area contributed by atoms with E-state index < -0.39 is 6.10 Å². The Labute approximate surface area is 164 Å². The number of benzene rings is 2. The van der Waals surface area contributed by atoms with Gasteiger partial charge in [-0.05, 0) is 49.2 Å². The molecule has 0 bridgehead atoms. The Balaban J connectivity index is 1.63. The van der Waals surface area contributed by atoms with Crippen molar-refractivity contribution in [1.29, 1.82) is 0 Å². The highest BCUT2D eigenvalue weighted by molar-refractivity contribution is 5.81. The monoisotopic (exact) mass is 386 g/mol. The number of hydrogen-bond donors (Lipinski definition) is 3. The van der Waals surface area contributed by atoms with Gasteiger partial charge in [-0.15, -0.1) is 0 Å². The number of aryl methyl sites for hydroxylation is 1. The van der Waals surface area contributed by atoms with E-state index in [1.165, 1.54) is 12.1 Å². The summed E-state index contributed by atoms with van der Waals surface area (Å²) in [7, 11) is 0. The van der Waals surface area contributed by atoms with Crippen LogP contribution in [0.5, 0.6) is 17.2 Å². The van der Waals surface area contributed by atoms with Crippen LogP contribution in [0.15, 0.2) is 48.5 Å². The first-order valence-electron chi connectivity index (χ1n) is 9.20. The fourth-order valence-electron chi connectivity index (χ4n) is 2.44. The van der Waals surface area contributed by atoms with Crippen LogP contribution in [-0.2, 0) is 16.0 Å². The first-order chi connectivity index (χ1) is 13.5. The van der Waals surface area contributed by atoms with Crippen LogP contribution >= 0.6 is 0 Å². The average molecular weight is 386 g/mol. The average Bonchev–Trinajstić information content (AvgIpc) is 2.71. The zero-order valence-corrected chi connectivity index (χ0v) is 16.1. The lowest BCUT2D eigenvalue weighted by atomic mass is 10.1. The minimum atomic E-state index is -0.700. The molecule has 2 aromatic rings. The number of phenolic OH excluding ortho intramolecular Hbond substituents is 1. The molecule has 0 aliphatic carbocycles. The van der Waals surface area contributed by atoms with E-state index in [0.717, 1.165) is 12.0 Å². The van der Waals surface area contributed by atoms with Crippen molar-refractivity contribution in [2.24, 2.45) is 0 Å². The van der Waals surface area contributed by atoms with Crippen LogP contribution in [0.25, 0.3) is 0 Å². The van der Waals surface area contributed by atoms with E-state index >= 15 is 0 Å². The third-order valence-corrected chi connectivity index (χ3v) is 3.98. The third kappa shape index (κ3) is 6.83. The Kier molecular flexibility index (Phi) is 8.14. The number of carbonyl (C=O) groups excluding carboxylic acids is 2. The first kappa shape index (κ1) is 21.1. The highest BCUT2D eigenvalue weighted by atomic mass is 16.5. The Morgan fingerprint density at radius 3 is 2.43 bits per heavy atom. The molecule has 0 saturated heterocycles. The van der Waals surface area contributed by atoms with E-state index in [1.807, 2.05) is 31.2 Å².